The minimum absolute atomic E-state index is 0.0818. The highest BCUT2D eigenvalue weighted by molar-refractivity contribution is 5.90. The Morgan fingerprint density at radius 2 is 1.62 bits per heavy atom. The second-order valence-corrected chi connectivity index (χ2v) is 7.66. The van der Waals surface area contributed by atoms with Gasteiger partial charge in [-0.25, -0.2) is 0 Å². The van der Waals surface area contributed by atoms with E-state index in [2.05, 4.69) is 10.6 Å². The lowest BCUT2D eigenvalue weighted by molar-refractivity contribution is -0.128. The molecule has 5 nitrogen and oxygen atoms in total. The Kier molecular flexibility index (Phi) is 6.91. The van der Waals surface area contributed by atoms with Gasteiger partial charge in [0.15, 0.2) is 0 Å². The van der Waals surface area contributed by atoms with Gasteiger partial charge in [0.05, 0.1) is 12.0 Å². The molecule has 5 heteroatoms. The molecule has 0 aliphatic heterocycles. The second-order valence-electron chi connectivity index (χ2n) is 7.66. The summed E-state index contributed by atoms with van der Waals surface area (Å²) in [7, 11) is 0. The van der Waals surface area contributed by atoms with Gasteiger partial charge in [-0.1, -0.05) is 43.5 Å². The average Bonchev–Trinajstić information content (AvgIpc) is 2.74. The summed E-state index contributed by atoms with van der Waals surface area (Å²) in [5, 5.41) is 5.94. The van der Waals surface area contributed by atoms with Crippen LogP contribution < -0.4 is 15.4 Å². The number of benzene rings is 2. The normalized spacial score (nSPS) is 15.4. The van der Waals surface area contributed by atoms with E-state index in [0.717, 1.165) is 54.7 Å². The van der Waals surface area contributed by atoms with Crippen molar-refractivity contribution in [3.63, 3.8) is 0 Å². The van der Waals surface area contributed by atoms with E-state index in [9.17, 15) is 9.59 Å². The number of carbonyl (C=O) groups excluding carboxylic acids is 2. The fraction of sp³-hybridized carbons (Fsp3) is 0.417. The van der Waals surface area contributed by atoms with Gasteiger partial charge in [0.2, 0.25) is 11.8 Å². The molecule has 2 aromatic rings. The fourth-order valence-corrected chi connectivity index (χ4v) is 4.10. The Morgan fingerprint density at radius 1 is 0.966 bits per heavy atom. The number of nitrogens with one attached hydrogen (secondary N) is 2. The van der Waals surface area contributed by atoms with Gasteiger partial charge in [-0.15, -0.1) is 0 Å². The van der Waals surface area contributed by atoms with Gasteiger partial charge < -0.3 is 15.4 Å². The van der Waals surface area contributed by atoms with Crippen LogP contribution in [0.5, 0.6) is 5.75 Å². The molecule has 0 radical (unpaired) electrons. The quantitative estimate of drug-likeness (QED) is 0.723. The van der Waals surface area contributed by atoms with Crippen molar-refractivity contribution in [2.45, 2.75) is 57.9 Å². The van der Waals surface area contributed by atoms with E-state index in [1.165, 1.54) is 6.92 Å². The van der Waals surface area contributed by atoms with Crippen molar-refractivity contribution >= 4 is 17.5 Å². The first-order valence-electron chi connectivity index (χ1n) is 10.4. The lowest BCUT2D eigenvalue weighted by Crippen LogP contribution is -2.45. The van der Waals surface area contributed by atoms with E-state index in [1.54, 1.807) is 0 Å². The number of hydrogen-bond acceptors (Lipinski definition) is 3. The summed E-state index contributed by atoms with van der Waals surface area (Å²) < 4.78 is 5.48. The lowest BCUT2D eigenvalue weighted by Gasteiger charge is -2.36. The molecule has 3 rings (SSSR count). The summed E-state index contributed by atoms with van der Waals surface area (Å²) in [6.07, 6.45) is 4.95. The zero-order chi connectivity index (χ0) is 20.7. The Labute approximate surface area is 172 Å². The molecule has 2 amide bonds. The summed E-state index contributed by atoms with van der Waals surface area (Å²) >= 11 is 0. The molecular formula is C24H30N2O3. The zero-order valence-electron chi connectivity index (χ0n) is 17.3. The van der Waals surface area contributed by atoms with Gasteiger partial charge in [0.1, 0.15) is 5.75 Å². The molecule has 1 fully saturated rings. The van der Waals surface area contributed by atoms with Crippen molar-refractivity contribution in [3.05, 3.63) is 59.7 Å². The molecule has 0 heterocycles. The molecule has 0 bridgehead atoms. The molecule has 2 N–H and O–H groups in total. The Balaban J connectivity index is 1.73. The average molecular weight is 395 g/mol. The third-order valence-electron chi connectivity index (χ3n) is 5.59. The van der Waals surface area contributed by atoms with Gasteiger partial charge >= 0.3 is 0 Å². The van der Waals surface area contributed by atoms with Crippen LogP contribution in [-0.4, -0.2) is 18.4 Å². The molecule has 1 saturated carbocycles. The van der Waals surface area contributed by atoms with Gasteiger partial charge in [0, 0.05) is 19.2 Å². The monoisotopic (exact) mass is 394 g/mol. The zero-order valence-corrected chi connectivity index (χ0v) is 17.3. The third-order valence-corrected chi connectivity index (χ3v) is 5.59. The van der Waals surface area contributed by atoms with Crippen LogP contribution in [-0.2, 0) is 21.5 Å². The van der Waals surface area contributed by atoms with Crippen LogP contribution in [0, 0.1) is 0 Å². The molecular weight excluding hydrogens is 364 g/mol. The highest BCUT2D eigenvalue weighted by atomic mass is 16.5. The topological polar surface area (TPSA) is 67.4 Å². The molecule has 1 aliphatic carbocycles. The van der Waals surface area contributed by atoms with E-state index in [4.69, 9.17) is 4.74 Å². The van der Waals surface area contributed by atoms with Crippen molar-refractivity contribution in [2.24, 2.45) is 0 Å². The van der Waals surface area contributed by atoms with Crippen molar-refractivity contribution in [1.29, 1.82) is 0 Å². The van der Waals surface area contributed by atoms with E-state index < -0.39 is 5.41 Å². The maximum atomic E-state index is 13.3. The number of anilines is 1. The first-order chi connectivity index (χ1) is 14.0. The highest BCUT2D eigenvalue weighted by Crippen LogP contribution is 2.40. The summed E-state index contributed by atoms with van der Waals surface area (Å²) in [6, 6.07) is 15.6. The van der Waals surface area contributed by atoms with E-state index >= 15 is 0 Å². The maximum absolute atomic E-state index is 13.3. The molecule has 0 atom stereocenters. The number of hydrogen-bond donors (Lipinski definition) is 2. The molecule has 2 aromatic carbocycles. The van der Waals surface area contributed by atoms with Crippen LogP contribution in [0.2, 0.25) is 0 Å². The van der Waals surface area contributed by atoms with Gasteiger partial charge in [0.25, 0.3) is 0 Å². The van der Waals surface area contributed by atoms with E-state index in [-0.39, 0.29) is 11.8 Å². The maximum Gasteiger partial charge on any atom is 0.230 e. The molecule has 0 aromatic heterocycles. The summed E-state index contributed by atoms with van der Waals surface area (Å²) in [4.78, 5) is 24.6. The minimum atomic E-state index is -0.502. The predicted molar refractivity (Wildman–Crippen MR) is 115 cm³/mol. The summed E-state index contributed by atoms with van der Waals surface area (Å²) in [5.74, 6) is 0.821. The smallest absolute Gasteiger partial charge is 0.230 e. The van der Waals surface area contributed by atoms with Crippen LogP contribution in [0.3, 0.4) is 0 Å². The van der Waals surface area contributed by atoms with Crippen molar-refractivity contribution in [1.82, 2.24) is 5.32 Å². The first-order valence-corrected chi connectivity index (χ1v) is 10.4. The summed E-state index contributed by atoms with van der Waals surface area (Å²) in [6.45, 7) is 4.58. The molecule has 29 heavy (non-hydrogen) atoms. The van der Waals surface area contributed by atoms with Crippen LogP contribution in [0.4, 0.5) is 5.69 Å². The van der Waals surface area contributed by atoms with E-state index in [0.29, 0.717) is 13.2 Å². The number of amides is 2. The largest absolute Gasteiger partial charge is 0.494 e. The molecule has 0 spiro atoms. The second kappa shape index (κ2) is 9.59. The van der Waals surface area contributed by atoms with Gasteiger partial charge in [-0.2, -0.15) is 0 Å². The minimum Gasteiger partial charge on any atom is -0.494 e. The number of carbonyl (C=O) groups is 2. The standard InChI is InChI=1S/C24H30N2O3/c1-3-29-22-13-7-19(8-14-22)17-25-23(28)24(15-5-4-6-16-24)20-9-11-21(12-10-20)26-18(2)27/h7-14H,3-6,15-17H2,1-2H3,(H,25,28)(H,26,27). The third kappa shape index (κ3) is 5.17. The number of ether oxygens (including phenoxy) is 1. The molecule has 1 aliphatic rings. The highest BCUT2D eigenvalue weighted by Gasteiger charge is 2.40. The van der Waals surface area contributed by atoms with Gasteiger partial charge in [-0.3, -0.25) is 9.59 Å². The van der Waals surface area contributed by atoms with Gasteiger partial charge in [-0.05, 0) is 55.2 Å². The van der Waals surface area contributed by atoms with Crippen molar-refractivity contribution in [3.8, 4) is 5.75 Å². The van der Waals surface area contributed by atoms with Crippen molar-refractivity contribution < 1.29 is 14.3 Å². The Hall–Kier alpha value is -2.82. The van der Waals surface area contributed by atoms with Crippen LogP contribution in [0.25, 0.3) is 0 Å². The van der Waals surface area contributed by atoms with Crippen LogP contribution in [0.15, 0.2) is 48.5 Å². The Bertz CT molecular complexity index is 822. The molecule has 154 valence electrons. The SMILES string of the molecule is CCOc1ccc(CNC(=O)C2(c3ccc(NC(C)=O)cc3)CCCCC2)cc1. The van der Waals surface area contributed by atoms with Crippen LogP contribution >= 0.6 is 0 Å². The molecule has 0 unspecified atom stereocenters. The van der Waals surface area contributed by atoms with E-state index in [1.807, 2.05) is 55.5 Å². The Morgan fingerprint density at radius 3 is 2.21 bits per heavy atom. The lowest BCUT2D eigenvalue weighted by atomic mass is 9.68. The van der Waals surface area contributed by atoms with Crippen LogP contribution in [0.1, 0.15) is 57.1 Å². The predicted octanol–water partition coefficient (Wildman–Crippen LogP) is 4.56. The first kappa shape index (κ1) is 20.9. The molecule has 0 saturated heterocycles. The summed E-state index contributed by atoms with van der Waals surface area (Å²) in [5.41, 5.74) is 2.32. The van der Waals surface area contributed by atoms with Crippen molar-refractivity contribution in [2.75, 3.05) is 11.9 Å². The number of rotatable bonds is 7. The fourth-order valence-electron chi connectivity index (χ4n) is 4.10.